The van der Waals surface area contributed by atoms with Crippen LogP contribution in [-0.2, 0) is 6.54 Å². The maximum Gasteiger partial charge on any atom is 0.255 e. The molecule has 1 atom stereocenters. The van der Waals surface area contributed by atoms with Crippen LogP contribution in [0, 0.1) is 0 Å². The Morgan fingerprint density at radius 3 is 2.88 bits per heavy atom. The summed E-state index contributed by atoms with van der Waals surface area (Å²) >= 11 is 0. The van der Waals surface area contributed by atoms with E-state index in [1.807, 2.05) is 23.1 Å². The van der Waals surface area contributed by atoms with Gasteiger partial charge in [-0.05, 0) is 23.8 Å². The third kappa shape index (κ3) is 1.04. The maximum absolute atomic E-state index is 12.3. The maximum atomic E-state index is 12.3. The SMILES string of the molecule is O=C1c2ccccc2[C@@H]2c3cccn3CCN12. The first-order valence-corrected chi connectivity index (χ1v) is 5.91. The summed E-state index contributed by atoms with van der Waals surface area (Å²) in [4.78, 5) is 14.3. The number of carbonyl (C=O) groups is 1. The molecule has 0 aliphatic carbocycles. The van der Waals surface area contributed by atoms with Gasteiger partial charge in [-0.1, -0.05) is 18.2 Å². The molecule has 0 N–H and O–H groups in total. The average molecular weight is 224 g/mol. The number of fused-ring (bicyclic) bond motifs is 5. The van der Waals surface area contributed by atoms with Crippen molar-refractivity contribution in [3.05, 3.63) is 59.4 Å². The van der Waals surface area contributed by atoms with E-state index >= 15 is 0 Å². The van der Waals surface area contributed by atoms with E-state index in [4.69, 9.17) is 0 Å². The Morgan fingerprint density at radius 1 is 1.06 bits per heavy atom. The predicted molar refractivity (Wildman–Crippen MR) is 63.8 cm³/mol. The lowest BCUT2D eigenvalue weighted by atomic mass is 10.0. The minimum Gasteiger partial charge on any atom is -0.348 e. The fraction of sp³-hybridized carbons (Fsp3) is 0.214. The van der Waals surface area contributed by atoms with Crippen molar-refractivity contribution < 1.29 is 4.79 Å². The summed E-state index contributed by atoms with van der Waals surface area (Å²) in [7, 11) is 0. The van der Waals surface area contributed by atoms with Crippen LogP contribution >= 0.6 is 0 Å². The molecule has 0 saturated heterocycles. The average Bonchev–Trinajstić information content (AvgIpc) is 2.93. The van der Waals surface area contributed by atoms with Gasteiger partial charge in [-0.2, -0.15) is 0 Å². The zero-order chi connectivity index (χ0) is 11.4. The van der Waals surface area contributed by atoms with Gasteiger partial charge in [0.25, 0.3) is 5.91 Å². The molecule has 0 fully saturated rings. The molecule has 0 radical (unpaired) electrons. The Hall–Kier alpha value is -2.03. The summed E-state index contributed by atoms with van der Waals surface area (Å²) in [5, 5.41) is 0. The lowest BCUT2D eigenvalue weighted by Crippen LogP contribution is -2.37. The summed E-state index contributed by atoms with van der Waals surface area (Å²) in [5.74, 6) is 0.179. The van der Waals surface area contributed by atoms with Crippen LogP contribution in [-0.4, -0.2) is 21.9 Å². The molecular formula is C14H12N2O. The van der Waals surface area contributed by atoms with Gasteiger partial charge < -0.3 is 9.47 Å². The zero-order valence-electron chi connectivity index (χ0n) is 9.34. The summed E-state index contributed by atoms with van der Waals surface area (Å²) < 4.78 is 2.25. The monoisotopic (exact) mass is 224 g/mol. The molecule has 1 aromatic carbocycles. The van der Waals surface area contributed by atoms with Crippen LogP contribution in [0.2, 0.25) is 0 Å². The number of benzene rings is 1. The molecule has 2 aliphatic rings. The topological polar surface area (TPSA) is 25.2 Å². The second-order valence-corrected chi connectivity index (χ2v) is 4.61. The van der Waals surface area contributed by atoms with Crippen molar-refractivity contribution in [2.75, 3.05) is 6.54 Å². The molecule has 84 valence electrons. The summed E-state index contributed by atoms with van der Waals surface area (Å²) in [5.41, 5.74) is 3.25. The highest BCUT2D eigenvalue weighted by molar-refractivity contribution is 5.99. The molecule has 1 aromatic heterocycles. The lowest BCUT2D eigenvalue weighted by Gasteiger charge is -2.31. The molecule has 17 heavy (non-hydrogen) atoms. The van der Waals surface area contributed by atoms with E-state index in [9.17, 15) is 4.79 Å². The first-order valence-electron chi connectivity index (χ1n) is 5.91. The molecule has 0 bridgehead atoms. The first-order chi connectivity index (χ1) is 8.36. The highest BCUT2D eigenvalue weighted by Crippen LogP contribution is 2.40. The molecule has 3 heteroatoms. The Balaban J connectivity index is 1.98. The fourth-order valence-corrected chi connectivity index (χ4v) is 3.01. The molecule has 2 aromatic rings. The normalized spacial score (nSPS) is 21.1. The van der Waals surface area contributed by atoms with Crippen molar-refractivity contribution in [3.63, 3.8) is 0 Å². The molecule has 1 amide bonds. The third-order valence-electron chi connectivity index (χ3n) is 3.78. The van der Waals surface area contributed by atoms with Crippen molar-refractivity contribution in [1.82, 2.24) is 9.47 Å². The van der Waals surface area contributed by atoms with E-state index < -0.39 is 0 Å². The Morgan fingerprint density at radius 2 is 1.94 bits per heavy atom. The number of hydrogen-bond donors (Lipinski definition) is 0. The van der Waals surface area contributed by atoms with Crippen LogP contribution in [0.25, 0.3) is 0 Å². The van der Waals surface area contributed by atoms with Gasteiger partial charge in [-0.15, -0.1) is 0 Å². The number of amides is 1. The quantitative estimate of drug-likeness (QED) is 0.672. The summed E-state index contributed by atoms with van der Waals surface area (Å²) in [6.07, 6.45) is 2.10. The fourth-order valence-electron chi connectivity index (χ4n) is 3.01. The number of carbonyl (C=O) groups excluding carboxylic acids is 1. The second kappa shape index (κ2) is 3.00. The molecule has 3 heterocycles. The Labute approximate surface area is 99.3 Å². The molecule has 0 spiro atoms. The lowest BCUT2D eigenvalue weighted by molar-refractivity contribution is 0.0714. The van der Waals surface area contributed by atoms with E-state index in [0.29, 0.717) is 0 Å². The van der Waals surface area contributed by atoms with Gasteiger partial charge in [-0.25, -0.2) is 0 Å². The number of rotatable bonds is 0. The van der Waals surface area contributed by atoms with Crippen LogP contribution < -0.4 is 0 Å². The van der Waals surface area contributed by atoms with Gasteiger partial charge in [0.2, 0.25) is 0 Å². The summed E-state index contributed by atoms with van der Waals surface area (Å²) in [6.45, 7) is 1.71. The van der Waals surface area contributed by atoms with Gasteiger partial charge in [0.05, 0.1) is 6.04 Å². The minimum atomic E-state index is 0.127. The third-order valence-corrected chi connectivity index (χ3v) is 3.78. The van der Waals surface area contributed by atoms with Gasteiger partial charge in [0.15, 0.2) is 0 Å². The highest BCUT2D eigenvalue weighted by atomic mass is 16.2. The van der Waals surface area contributed by atoms with Gasteiger partial charge >= 0.3 is 0 Å². The van der Waals surface area contributed by atoms with Crippen LogP contribution in [0.4, 0.5) is 0 Å². The zero-order valence-corrected chi connectivity index (χ0v) is 9.34. The number of aromatic nitrogens is 1. The van der Waals surface area contributed by atoms with Gasteiger partial charge in [0, 0.05) is 30.5 Å². The molecule has 0 unspecified atom stereocenters. The minimum absolute atomic E-state index is 0.127. The Kier molecular flexibility index (Phi) is 1.60. The van der Waals surface area contributed by atoms with Crippen LogP contribution in [0.3, 0.4) is 0 Å². The molecule has 2 aliphatic heterocycles. The van der Waals surface area contributed by atoms with E-state index in [-0.39, 0.29) is 11.9 Å². The van der Waals surface area contributed by atoms with Crippen molar-refractivity contribution in [1.29, 1.82) is 0 Å². The number of nitrogens with zero attached hydrogens (tertiary/aromatic N) is 2. The van der Waals surface area contributed by atoms with Gasteiger partial charge in [0.1, 0.15) is 0 Å². The van der Waals surface area contributed by atoms with E-state index in [1.165, 1.54) is 5.69 Å². The van der Waals surface area contributed by atoms with Crippen molar-refractivity contribution in [2.45, 2.75) is 12.6 Å². The van der Waals surface area contributed by atoms with Crippen LogP contribution in [0.5, 0.6) is 0 Å². The van der Waals surface area contributed by atoms with Crippen LogP contribution in [0.1, 0.15) is 27.7 Å². The van der Waals surface area contributed by atoms with Crippen molar-refractivity contribution >= 4 is 5.91 Å². The highest BCUT2D eigenvalue weighted by Gasteiger charge is 2.40. The standard InChI is InChI=1S/C14H12N2O/c17-14-11-5-2-1-4-10(11)13-12-6-3-7-15(12)8-9-16(13)14/h1-7,13H,8-9H2/t13-/m1/s1. The van der Waals surface area contributed by atoms with E-state index in [2.05, 4.69) is 29.0 Å². The van der Waals surface area contributed by atoms with E-state index in [1.54, 1.807) is 0 Å². The largest absolute Gasteiger partial charge is 0.348 e. The molecule has 3 nitrogen and oxygen atoms in total. The molecular weight excluding hydrogens is 212 g/mol. The molecule has 4 rings (SSSR count). The molecule has 0 saturated carbocycles. The smallest absolute Gasteiger partial charge is 0.255 e. The second-order valence-electron chi connectivity index (χ2n) is 4.61. The number of hydrogen-bond acceptors (Lipinski definition) is 1. The van der Waals surface area contributed by atoms with Crippen LogP contribution in [0.15, 0.2) is 42.6 Å². The Bertz CT molecular complexity index is 614. The van der Waals surface area contributed by atoms with Crippen molar-refractivity contribution in [2.24, 2.45) is 0 Å². The van der Waals surface area contributed by atoms with E-state index in [0.717, 1.165) is 24.2 Å². The first kappa shape index (κ1) is 9.05. The van der Waals surface area contributed by atoms with Gasteiger partial charge in [-0.3, -0.25) is 4.79 Å². The predicted octanol–water partition coefficient (Wildman–Crippen LogP) is 2.05. The summed E-state index contributed by atoms with van der Waals surface area (Å²) in [6, 6.07) is 12.3. The van der Waals surface area contributed by atoms with Crippen molar-refractivity contribution in [3.8, 4) is 0 Å².